The highest BCUT2D eigenvalue weighted by Crippen LogP contribution is 2.35. The molecule has 0 aliphatic heterocycles. The van der Waals surface area contributed by atoms with Gasteiger partial charge in [0.05, 0.1) is 12.0 Å². The van der Waals surface area contributed by atoms with E-state index in [-0.39, 0.29) is 12.0 Å². The Balaban J connectivity index is 2.31. The first-order chi connectivity index (χ1) is 8.40. The van der Waals surface area contributed by atoms with Crippen LogP contribution in [0.1, 0.15) is 59.3 Å². The molecule has 1 aliphatic rings. The molecule has 0 heterocycles. The third-order valence-corrected chi connectivity index (χ3v) is 4.31. The zero-order valence-electron chi connectivity index (χ0n) is 11.9. The summed E-state index contributed by atoms with van der Waals surface area (Å²) in [6.45, 7) is 6.47. The summed E-state index contributed by atoms with van der Waals surface area (Å²) in [7, 11) is 0. The van der Waals surface area contributed by atoms with Crippen molar-refractivity contribution < 1.29 is 15.0 Å². The summed E-state index contributed by atoms with van der Waals surface area (Å²) < 4.78 is 0. The van der Waals surface area contributed by atoms with Crippen molar-refractivity contribution in [1.82, 2.24) is 0 Å². The lowest BCUT2D eigenvalue weighted by Crippen LogP contribution is -2.26. The molecule has 1 fully saturated rings. The Morgan fingerprint density at radius 3 is 2.11 bits per heavy atom. The van der Waals surface area contributed by atoms with Gasteiger partial charge in [0, 0.05) is 0 Å². The van der Waals surface area contributed by atoms with E-state index in [2.05, 4.69) is 20.8 Å². The van der Waals surface area contributed by atoms with Crippen LogP contribution in [0.15, 0.2) is 0 Å². The van der Waals surface area contributed by atoms with E-state index < -0.39 is 5.97 Å². The monoisotopic (exact) mass is 256 g/mol. The highest BCUT2D eigenvalue weighted by atomic mass is 16.4. The molecule has 106 valence electrons. The van der Waals surface area contributed by atoms with Crippen LogP contribution in [0.2, 0.25) is 0 Å². The molecule has 0 aromatic heterocycles. The van der Waals surface area contributed by atoms with Crippen LogP contribution in [0, 0.1) is 23.7 Å². The molecular formula is C15H28O3. The molecule has 0 saturated heterocycles. The van der Waals surface area contributed by atoms with E-state index in [1.54, 1.807) is 0 Å². The molecule has 0 aromatic rings. The van der Waals surface area contributed by atoms with Crippen molar-refractivity contribution in [3.63, 3.8) is 0 Å². The second kappa shape index (κ2) is 7.13. The molecular weight excluding hydrogens is 228 g/mol. The van der Waals surface area contributed by atoms with Crippen LogP contribution < -0.4 is 0 Å². The molecule has 0 spiro atoms. The number of carboxylic acid groups (broad SMARTS) is 1. The Kier molecular flexibility index (Phi) is 6.13. The molecule has 0 aromatic carbocycles. The van der Waals surface area contributed by atoms with Crippen LogP contribution in [0.3, 0.4) is 0 Å². The first-order valence-electron chi connectivity index (χ1n) is 7.31. The van der Waals surface area contributed by atoms with E-state index in [0.29, 0.717) is 17.8 Å². The van der Waals surface area contributed by atoms with Crippen LogP contribution in [0.25, 0.3) is 0 Å². The third kappa shape index (κ3) is 4.97. The predicted octanol–water partition coefficient (Wildman–Crippen LogP) is 3.31. The van der Waals surface area contributed by atoms with Gasteiger partial charge in [-0.3, -0.25) is 4.79 Å². The second-order valence-corrected chi connectivity index (χ2v) is 6.45. The van der Waals surface area contributed by atoms with Crippen molar-refractivity contribution in [3.8, 4) is 0 Å². The average Bonchev–Trinajstić information content (AvgIpc) is 2.27. The highest BCUT2D eigenvalue weighted by molar-refractivity contribution is 5.69. The van der Waals surface area contributed by atoms with Crippen molar-refractivity contribution in [3.05, 3.63) is 0 Å². The van der Waals surface area contributed by atoms with Crippen LogP contribution >= 0.6 is 0 Å². The van der Waals surface area contributed by atoms with Crippen LogP contribution in [-0.2, 0) is 4.79 Å². The Bertz CT molecular complexity index is 254. The minimum Gasteiger partial charge on any atom is -0.481 e. The van der Waals surface area contributed by atoms with E-state index in [9.17, 15) is 9.90 Å². The van der Waals surface area contributed by atoms with Crippen molar-refractivity contribution in [2.45, 2.75) is 65.4 Å². The van der Waals surface area contributed by atoms with Gasteiger partial charge in [0.25, 0.3) is 0 Å². The van der Waals surface area contributed by atoms with E-state index in [0.717, 1.165) is 38.5 Å². The molecule has 0 radical (unpaired) electrons. The lowest BCUT2D eigenvalue weighted by atomic mass is 9.74. The number of carboxylic acids is 1. The maximum atomic E-state index is 10.9. The molecule has 0 amide bonds. The van der Waals surface area contributed by atoms with E-state index in [1.165, 1.54) is 0 Å². The molecule has 2 unspecified atom stereocenters. The first kappa shape index (κ1) is 15.5. The lowest BCUT2D eigenvalue weighted by molar-refractivity contribution is -0.143. The van der Waals surface area contributed by atoms with Gasteiger partial charge in [0.15, 0.2) is 0 Å². The smallest absolute Gasteiger partial charge is 0.306 e. The molecule has 1 saturated carbocycles. The summed E-state index contributed by atoms with van der Waals surface area (Å²) in [6, 6.07) is 0. The number of hydrogen-bond acceptors (Lipinski definition) is 2. The molecule has 18 heavy (non-hydrogen) atoms. The average molecular weight is 256 g/mol. The van der Waals surface area contributed by atoms with Gasteiger partial charge < -0.3 is 10.2 Å². The topological polar surface area (TPSA) is 57.5 Å². The first-order valence-corrected chi connectivity index (χ1v) is 7.31. The minimum atomic E-state index is -0.638. The van der Waals surface area contributed by atoms with Gasteiger partial charge in [-0.15, -0.1) is 0 Å². The maximum Gasteiger partial charge on any atom is 0.306 e. The highest BCUT2D eigenvalue weighted by Gasteiger charge is 2.29. The standard InChI is InChI=1S/C15H28O3/c1-10(2)8-14(16)9-11(3)12-4-6-13(7-5-12)15(17)18/h10-14,16H,4-9H2,1-3H3,(H,17,18). The number of rotatable bonds is 6. The fourth-order valence-corrected chi connectivity index (χ4v) is 3.20. The van der Waals surface area contributed by atoms with E-state index in [1.807, 2.05) is 0 Å². The largest absolute Gasteiger partial charge is 0.481 e. The molecule has 1 aliphatic carbocycles. The van der Waals surface area contributed by atoms with Crippen LogP contribution in [-0.4, -0.2) is 22.3 Å². The van der Waals surface area contributed by atoms with E-state index >= 15 is 0 Å². The van der Waals surface area contributed by atoms with Gasteiger partial charge in [-0.1, -0.05) is 20.8 Å². The number of aliphatic hydroxyl groups is 1. The summed E-state index contributed by atoms with van der Waals surface area (Å²) in [5, 5.41) is 18.9. The zero-order valence-corrected chi connectivity index (χ0v) is 11.9. The molecule has 2 atom stereocenters. The summed E-state index contributed by atoms with van der Waals surface area (Å²) in [4.78, 5) is 10.9. The minimum absolute atomic E-state index is 0.131. The molecule has 0 bridgehead atoms. The van der Waals surface area contributed by atoms with Gasteiger partial charge in [0.1, 0.15) is 0 Å². The Morgan fingerprint density at radius 1 is 1.11 bits per heavy atom. The summed E-state index contributed by atoms with van der Waals surface area (Å²) in [5.74, 6) is 0.876. The summed E-state index contributed by atoms with van der Waals surface area (Å²) >= 11 is 0. The molecule has 3 nitrogen and oxygen atoms in total. The summed E-state index contributed by atoms with van der Waals surface area (Å²) in [5.41, 5.74) is 0. The SMILES string of the molecule is CC(C)CC(O)CC(C)C1CCC(C(=O)O)CC1. The Labute approximate surface area is 111 Å². The number of carbonyl (C=O) groups is 1. The second-order valence-electron chi connectivity index (χ2n) is 6.45. The van der Waals surface area contributed by atoms with Gasteiger partial charge in [0.2, 0.25) is 0 Å². The third-order valence-electron chi connectivity index (χ3n) is 4.31. The number of aliphatic hydroxyl groups excluding tert-OH is 1. The van der Waals surface area contributed by atoms with Gasteiger partial charge in [-0.25, -0.2) is 0 Å². The predicted molar refractivity (Wildman–Crippen MR) is 72.3 cm³/mol. The molecule has 2 N–H and O–H groups in total. The quantitative estimate of drug-likeness (QED) is 0.766. The number of aliphatic carboxylic acids is 1. The maximum absolute atomic E-state index is 10.9. The van der Waals surface area contributed by atoms with Gasteiger partial charge >= 0.3 is 5.97 Å². The fourth-order valence-electron chi connectivity index (χ4n) is 3.20. The van der Waals surface area contributed by atoms with E-state index in [4.69, 9.17) is 5.11 Å². The fraction of sp³-hybridized carbons (Fsp3) is 0.933. The summed E-state index contributed by atoms with van der Waals surface area (Å²) in [6.07, 6.45) is 5.17. The van der Waals surface area contributed by atoms with Crippen LogP contribution in [0.4, 0.5) is 0 Å². The Hall–Kier alpha value is -0.570. The van der Waals surface area contributed by atoms with Crippen molar-refractivity contribution in [1.29, 1.82) is 0 Å². The van der Waals surface area contributed by atoms with Crippen molar-refractivity contribution in [2.75, 3.05) is 0 Å². The normalized spacial score (nSPS) is 28.1. The molecule has 1 rings (SSSR count). The van der Waals surface area contributed by atoms with Crippen molar-refractivity contribution in [2.24, 2.45) is 23.7 Å². The molecule has 3 heteroatoms. The van der Waals surface area contributed by atoms with Gasteiger partial charge in [-0.05, 0) is 56.3 Å². The van der Waals surface area contributed by atoms with Gasteiger partial charge in [-0.2, -0.15) is 0 Å². The zero-order chi connectivity index (χ0) is 13.7. The number of hydrogen-bond donors (Lipinski definition) is 2. The lowest BCUT2D eigenvalue weighted by Gasteiger charge is -2.31. The van der Waals surface area contributed by atoms with Crippen molar-refractivity contribution >= 4 is 5.97 Å². The Morgan fingerprint density at radius 2 is 1.67 bits per heavy atom. The van der Waals surface area contributed by atoms with Crippen LogP contribution in [0.5, 0.6) is 0 Å².